The molecule has 0 atom stereocenters. The van der Waals surface area contributed by atoms with Crippen molar-refractivity contribution < 1.29 is 13.9 Å². The molecular weight excluding hydrogens is 427 g/mol. The van der Waals surface area contributed by atoms with E-state index in [1.807, 2.05) is 0 Å². The number of carbonyl (C=O) groups excluding carboxylic acids is 1. The second kappa shape index (κ2) is 7.63. The summed E-state index contributed by atoms with van der Waals surface area (Å²) in [7, 11) is 0. The Morgan fingerprint density at radius 3 is 2.71 bits per heavy atom. The average molecular weight is 436 g/mol. The van der Waals surface area contributed by atoms with Crippen molar-refractivity contribution in [2.75, 3.05) is 6.61 Å². The van der Waals surface area contributed by atoms with Crippen LogP contribution in [0.3, 0.4) is 0 Å². The summed E-state index contributed by atoms with van der Waals surface area (Å²) in [5.74, 6) is 0.663. The molecule has 0 bridgehead atoms. The molecule has 2 rings (SSSR count). The summed E-state index contributed by atoms with van der Waals surface area (Å²) in [6.07, 6.45) is 1.38. The van der Waals surface area contributed by atoms with Crippen LogP contribution in [0.2, 0.25) is 5.02 Å². The van der Waals surface area contributed by atoms with Crippen molar-refractivity contribution in [1.82, 2.24) is 5.43 Å². The van der Waals surface area contributed by atoms with Gasteiger partial charge in [-0.2, -0.15) is 5.10 Å². The van der Waals surface area contributed by atoms with Crippen LogP contribution in [0.15, 0.2) is 49.0 Å². The Balaban J connectivity index is 1.78. The van der Waals surface area contributed by atoms with E-state index < -0.39 is 0 Å². The van der Waals surface area contributed by atoms with Crippen LogP contribution in [0.4, 0.5) is 0 Å². The molecule has 0 unspecified atom stereocenters. The number of ether oxygens (including phenoxy) is 1. The molecule has 1 N–H and O–H groups in total. The summed E-state index contributed by atoms with van der Waals surface area (Å²) in [5, 5.41) is 4.37. The van der Waals surface area contributed by atoms with E-state index in [1.54, 1.807) is 30.3 Å². The summed E-state index contributed by atoms with van der Waals surface area (Å²) >= 11 is 12.2. The number of rotatable bonds is 5. The van der Waals surface area contributed by atoms with Gasteiger partial charge in [-0.1, -0.05) is 11.6 Å². The van der Waals surface area contributed by atoms with Gasteiger partial charge in [0.2, 0.25) is 0 Å². The number of carbonyl (C=O) groups is 1. The smallest absolute Gasteiger partial charge is 0.277 e. The SMILES string of the molecule is O=C(COc1ccc(Cl)cc1)NN=Cc1cc(Br)c(Br)o1. The molecule has 0 spiro atoms. The predicted molar refractivity (Wildman–Crippen MR) is 86.8 cm³/mol. The van der Waals surface area contributed by atoms with Crippen molar-refractivity contribution >= 4 is 55.6 Å². The number of nitrogens with one attached hydrogen (secondary N) is 1. The third kappa shape index (κ3) is 5.18. The Bertz CT molecular complexity index is 636. The molecule has 1 amide bonds. The van der Waals surface area contributed by atoms with Crippen LogP contribution in [0.25, 0.3) is 0 Å². The van der Waals surface area contributed by atoms with Crippen molar-refractivity contribution in [3.05, 3.63) is 50.3 Å². The van der Waals surface area contributed by atoms with E-state index in [0.717, 1.165) is 4.47 Å². The highest BCUT2D eigenvalue weighted by Crippen LogP contribution is 2.25. The lowest BCUT2D eigenvalue weighted by molar-refractivity contribution is -0.123. The van der Waals surface area contributed by atoms with Crippen molar-refractivity contribution in [3.8, 4) is 5.75 Å². The highest BCUT2D eigenvalue weighted by Gasteiger charge is 2.04. The van der Waals surface area contributed by atoms with Gasteiger partial charge < -0.3 is 9.15 Å². The summed E-state index contributed by atoms with van der Waals surface area (Å²) in [6.45, 7) is -0.148. The lowest BCUT2D eigenvalue weighted by atomic mass is 10.3. The first kappa shape index (κ1) is 16.1. The number of benzene rings is 1. The maximum atomic E-state index is 11.5. The van der Waals surface area contributed by atoms with Gasteiger partial charge >= 0.3 is 0 Å². The Morgan fingerprint density at radius 1 is 1.38 bits per heavy atom. The molecule has 0 saturated carbocycles. The highest BCUT2D eigenvalue weighted by molar-refractivity contribution is 9.13. The molecule has 5 nitrogen and oxygen atoms in total. The number of amides is 1. The summed E-state index contributed by atoms with van der Waals surface area (Å²) < 4.78 is 11.8. The number of halogens is 3. The minimum atomic E-state index is -0.383. The fourth-order valence-corrected chi connectivity index (χ4v) is 2.04. The van der Waals surface area contributed by atoms with Gasteiger partial charge in [0.1, 0.15) is 11.5 Å². The second-order valence-corrected chi connectivity index (χ2v) is 5.82. The van der Waals surface area contributed by atoms with Gasteiger partial charge in [0.05, 0.1) is 10.7 Å². The van der Waals surface area contributed by atoms with Crippen LogP contribution in [-0.2, 0) is 4.79 Å². The van der Waals surface area contributed by atoms with Crippen LogP contribution in [-0.4, -0.2) is 18.7 Å². The molecule has 0 radical (unpaired) electrons. The normalized spacial score (nSPS) is 10.8. The first-order valence-electron chi connectivity index (χ1n) is 5.69. The Hall–Kier alpha value is -1.31. The number of furan rings is 1. The largest absolute Gasteiger partial charge is 0.484 e. The van der Waals surface area contributed by atoms with Crippen LogP contribution >= 0.6 is 43.5 Å². The zero-order valence-electron chi connectivity index (χ0n) is 10.5. The van der Waals surface area contributed by atoms with E-state index in [2.05, 4.69) is 42.4 Å². The van der Waals surface area contributed by atoms with Gasteiger partial charge in [0.25, 0.3) is 5.91 Å². The molecule has 21 heavy (non-hydrogen) atoms. The molecule has 2 aromatic rings. The molecule has 110 valence electrons. The van der Waals surface area contributed by atoms with E-state index in [0.29, 0.717) is 21.2 Å². The number of nitrogens with zero attached hydrogens (tertiary/aromatic N) is 1. The molecule has 0 fully saturated rings. The van der Waals surface area contributed by atoms with Crippen molar-refractivity contribution in [3.63, 3.8) is 0 Å². The Kier molecular flexibility index (Phi) is 5.84. The number of hydrogen-bond donors (Lipinski definition) is 1. The van der Waals surface area contributed by atoms with Gasteiger partial charge in [-0.05, 0) is 56.1 Å². The minimum Gasteiger partial charge on any atom is -0.484 e. The second-order valence-electron chi connectivity index (χ2n) is 3.81. The standard InChI is InChI=1S/C13H9Br2ClN2O3/c14-11-5-10(21-13(11)15)6-17-18-12(19)7-20-9-3-1-8(16)2-4-9/h1-6H,7H2,(H,18,19). The molecule has 0 aliphatic heterocycles. The minimum absolute atomic E-state index is 0.148. The van der Waals surface area contributed by atoms with Crippen LogP contribution < -0.4 is 10.2 Å². The van der Waals surface area contributed by atoms with E-state index in [9.17, 15) is 4.79 Å². The molecule has 8 heteroatoms. The highest BCUT2D eigenvalue weighted by atomic mass is 79.9. The van der Waals surface area contributed by atoms with Gasteiger partial charge in [0, 0.05) is 11.1 Å². The Labute approximate surface area is 142 Å². The zero-order valence-corrected chi connectivity index (χ0v) is 14.4. The number of hydrogen-bond acceptors (Lipinski definition) is 4. The van der Waals surface area contributed by atoms with Gasteiger partial charge in [-0.15, -0.1) is 0 Å². The third-order valence-electron chi connectivity index (χ3n) is 2.23. The molecule has 1 heterocycles. The summed E-state index contributed by atoms with van der Waals surface area (Å²) in [5.41, 5.74) is 2.33. The van der Waals surface area contributed by atoms with Crippen molar-refractivity contribution in [2.24, 2.45) is 5.10 Å². The molecule has 0 aliphatic rings. The topological polar surface area (TPSA) is 63.8 Å². The maximum Gasteiger partial charge on any atom is 0.277 e. The van der Waals surface area contributed by atoms with Gasteiger partial charge in [0.15, 0.2) is 11.3 Å². The van der Waals surface area contributed by atoms with E-state index in [-0.39, 0.29) is 12.5 Å². The summed E-state index contributed by atoms with van der Waals surface area (Å²) in [6, 6.07) is 8.43. The molecule has 1 aromatic heterocycles. The van der Waals surface area contributed by atoms with E-state index in [1.165, 1.54) is 6.21 Å². The zero-order chi connectivity index (χ0) is 15.2. The lowest BCUT2D eigenvalue weighted by Crippen LogP contribution is -2.24. The molecular formula is C13H9Br2ClN2O3. The quantitative estimate of drug-likeness (QED) is 0.570. The van der Waals surface area contributed by atoms with Crippen molar-refractivity contribution in [1.29, 1.82) is 0 Å². The average Bonchev–Trinajstić information content (AvgIpc) is 2.77. The van der Waals surface area contributed by atoms with E-state index in [4.69, 9.17) is 20.8 Å². The predicted octanol–water partition coefficient (Wildman–Crippen LogP) is 3.99. The van der Waals surface area contributed by atoms with Gasteiger partial charge in [-0.25, -0.2) is 5.43 Å². The lowest BCUT2D eigenvalue weighted by Gasteiger charge is -2.04. The first-order valence-corrected chi connectivity index (χ1v) is 7.66. The first-order chi connectivity index (χ1) is 10.0. The molecule has 1 aromatic carbocycles. The fraction of sp³-hybridized carbons (Fsp3) is 0.0769. The van der Waals surface area contributed by atoms with Crippen LogP contribution in [0.5, 0.6) is 5.75 Å². The molecule has 0 saturated heterocycles. The van der Waals surface area contributed by atoms with Crippen LogP contribution in [0.1, 0.15) is 5.76 Å². The molecule has 0 aliphatic carbocycles. The fourth-order valence-electron chi connectivity index (χ4n) is 1.31. The number of hydrazone groups is 1. The van der Waals surface area contributed by atoms with E-state index >= 15 is 0 Å². The Morgan fingerprint density at radius 2 is 2.10 bits per heavy atom. The third-order valence-corrected chi connectivity index (χ3v) is 4.19. The van der Waals surface area contributed by atoms with Gasteiger partial charge in [-0.3, -0.25) is 4.79 Å². The maximum absolute atomic E-state index is 11.5. The van der Waals surface area contributed by atoms with Crippen LogP contribution in [0, 0.1) is 0 Å². The van der Waals surface area contributed by atoms with Crippen molar-refractivity contribution in [2.45, 2.75) is 0 Å². The monoisotopic (exact) mass is 434 g/mol. The summed E-state index contributed by atoms with van der Waals surface area (Å²) in [4.78, 5) is 11.5.